The Morgan fingerprint density at radius 1 is 1.50 bits per heavy atom. The molecule has 88 valence electrons. The molecule has 4 heteroatoms. The number of nitrogens with zero attached hydrogens (tertiary/aromatic N) is 2. The van der Waals surface area contributed by atoms with Crippen LogP contribution in [0, 0.1) is 11.9 Å². The zero-order valence-electron chi connectivity index (χ0n) is 9.90. The van der Waals surface area contributed by atoms with Gasteiger partial charge in [0, 0.05) is 13.6 Å². The van der Waals surface area contributed by atoms with Gasteiger partial charge in [0.15, 0.2) is 0 Å². The second-order valence-corrected chi connectivity index (χ2v) is 4.25. The minimum absolute atomic E-state index is 0.159. The van der Waals surface area contributed by atoms with Crippen molar-refractivity contribution >= 4 is 5.91 Å². The summed E-state index contributed by atoms with van der Waals surface area (Å²) in [5, 5.41) is 0. The minimum atomic E-state index is -0.622. The lowest BCUT2D eigenvalue weighted by molar-refractivity contribution is 0.0782. The van der Waals surface area contributed by atoms with Crippen molar-refractivity contribution in [2.45, 2.75) is 20.3 Å². The van der Waals surface area contributed by atoms with E-state index in [1.807, 2.05) is 0 Å². The maximum Gasteiger partial charge on any atom is 0.272 e. The Hall–Kier alpha value is -1.45. The quantitative estimate of drug-likeness (QED) is 0.735. The Bertz CT molecular complexity index is 366. The normalized spacial score (nSPS) is 10.6. The number of amides is 1. The summed E-state index contributed by atoms with van der Waals surface area (Å²) in [7, 11) is 1.71. The molecule has 0 aromatic carbocycles. The van der Waals surface area contributed by atoms with Crippen LogP contribution in [-0.2, 0) is 0 Å². The molecule has 16 heavy (non-hydrogen) atoms. The molecule has 0 unspecified atom stereocenters. The Balaban J connectivity index is 2.63. The Labute approximate surface area is 95.3 Å². The molecule has 0 radical (unpaired) electrons. The smallest absolute Gasteiger partial charge is 0.272 e. The lowest BCUT2D eigenvalue weighted by atomic mass is 10.1. The lowest BCUT2D eigenvalue weighted by Gasteiger charge is -2.17. The summed E-state index contributed by atoms with van der Waals surface area (Å²) >= 11 is 0. The highest BCUT2D eigenvalue weighted by Crippen LogP contribution is 2.05. The van der Waals surface area contributed by atoms with Gasteiger partial charge in [-0.05, 0) is 24.5 Å². The van der Waals surface area contributed by atoms with Crippen LogP contribution in [0.4, 0.5) is 4.39 Å². The van der Waals surface area contributed by atoms with Gasteiger partial charge in [0.25, 0.3) is 5.91 Å². The van der Waals surface area contributed by atoms with Gasteiger partial charge >= 0.3 is 0 Å². The largest absolute Gasteiger partial charge is 0.340 e. The van der Waals surface area contributed by atoms with Gasteiger partial charge in [-0.25, -0.2) is 4.98 Å². The van der Waals surface area contributed by atoms with Gasteiger partial charge in [0.1, 0.15) is 5.69 Å². The number of pyridine rings is 1. The number of carbonyl (C=O) groups excluding carboxylic acids is 1. The van der Waals surface area contributed by atoms with E-state index >= 15 is 0 Å². The van der Waals surface area contributed by atoms with Crippen LogP contribution in [0.3, 0.4) is 0 Å². The van der Waals surface area contributed by atoms with Crippen LogP contribution in [-0.4, -0.2) is 29.4 Å². The second-order valence-electron chi connectivity index (χ2n) is 4.25. The predicted molar refractivity (Wildman–Crippen MR) is 60.6 cm³/mol. The second kappa shape index (κ2) is 5.58. The van der Waals surface area contributed by atoms with E-state index < -0.39 is 5.95 Å². The van der Waals surface area contributed by atoms with Crippen LogP contribution < -0.4 is 0 Å². The van der Waals surface area contributed by atoms with Crippen molar-refractivity contribution < 1.29 is 9.18 Å². The molecule has 0 atom stereocenters. The first-order valence-electron chi connectivity index (χ1n) is 5.38. The van der Waals surface area contributed by atoms with Gasteiger partial charge in [0.05, 0.1) is 0 Å². The highest BCUT2D eigenvalue weighted by Gasteiger charge is 2.13. The average molecular weight is 224 g/mol. The highest BCUT2D eigenvalue weighted by molar-refractivity contribution is 5.92. The predicted octanol–water partition coefficient (Wildman–Crippen LogP) is 2.34. The molecule has 0 aliphatic rings. The molecule has 1 amide bonds. The third kappa shape index (κ3) is 3.61. The Kier molecular flexibility index (Phi) is 4.40. The third-order valence-corrected chi connectivity index (χ3v) is 2.32. The molecular formula is C12H17FN2O. The van der Waals surface area contributed by atoms with E-state index in [1.54, 1.807) is 11.9 Å². The van der Waals surface area contributed by atoms with Crippen molar-refractivity contribution in [1.82, 2.24) is 9.88 Å². The average Bonchev–Trinajstić information content (AvgIpc) is 2.24. The summed E-state index contributed by atoms with van der Waals surface area (Å²) in [4.78, 5) is 16.9. The fourth-order valence-corrected chi connectivity index (χ4v) is 1.28. The van der Waals surface area contributed by atoms with Gasteiger partial charge in [-0.2, -0.15) is 4.39 Å². The van der Waals surface area contributed by atoms with Gasteiger partial charge in [-0.15, -0.1) is 0 Å². The summed E-state index contributed by atoms with van der Waals surface area (Å²) in [5.74, 6) is -0.320. The van der Waals surface area contributed by atoms with E-state index in [0.717, 1.165) is 6.42 Å². The third-order valence-electron chi connectivity index (χ3n) is 2.32. The van der Waals surface area contributed by atoms with Crippen LogP contribution in [0.1, 0.15) is 30.8 Å². The summed E-state index contributed by atoms with van der Waals surface area (Å²) in [6, 6.07) is 4.24. The molecule has 0 spiro atoms. The molecular weight excluding hydrogens is 207 g/mol. The molecule has 0 bridgehead atoms. The van der Waals surface area contributed by atoms with E-state index in [2.05, 4.69) is 18.8 Å². The molecule has 1 heterocycles. The van der Waals surface area contributed by atoms with E-state index in [0.29, 0.717) is 12.5 Å². The molecule has 1 aromatic rings. The molecule has 0 saturated carbocycles. The van der Waals surface area contributed by atoms with Crippen molar-refractivity contribution in [2.75, 3.05) is 13.6 Å². The molecule has 0 aliphatic heterocycles. The van der Waals surface area contributed by atoms with Crippen LogP contribution >= 0.6 is 0 Å². The topological polar surface area (TPSA) is 33.2 Å². The van der Waals surface area contributed by atoms with Crippen molar-refractivity contribution in [3.05, 3.63) is 29.8 Å². The number of aromatic nitrogens is 1. The van der Waals surface area contributed by atoms with Gasteiger partial charge in [-0.1, -0.05) is 19.9 Å². The molecule has 0 fully saturated rings. The van der Waals surface area contributed by atoms with E-state index in [-0.39, 0.29) is 11.6 Å². The Morgan fingerprint density at radius 3 is 2.75 bits per heavy atom. The van der Waals surface area contributed by atoms with E-state index in [9.17, 15) is 9.18 Å². The SMILES string of the molecule is CC(C)CCN(C)C(=O)c1cccc(F)n1. The van der Waals surface area contributed by atoms with Crippen LogP contribution in [0.25, 0.3) is 0 Å². The lowest BCUT2D eigenvalue weighted by Crippen LogP contribution is -2.29. The van der Waals surface area contributed by atoms with Crippen molar-refractivity contribution in [3.8, 4) is 0 Å². The summed E-state index contributed by atoms with van der Waals surface area (Å²) in [6.07, 6.45) is 0.928. The summed E-state index contributed by atoms with van der Waals surface area (Å²) in [6.45, 7) is 4.85. The maximum absolute atomic E-state index is 12.8. The van der Waals surface area contributed by atoms with Crippen LogP contribution in [0.15, 0.2) is 18.2 Å². The molecule has 1 rings (SSSR count). The first-order chi connectivity index (χ1) is 7.50. The zero-order chi connectivity index (χ0) is 12.1. The molecule has 0 N–H and O–H groups in total. The highest BCUT2D eigenvalue weighted by atomic mass is 19.1. The fraction of sp³-hybridized carbons (Fsp3) is 0.500. The fourth-order valence-electron chi connectivity index (χ4n) is 1.28. The number of carbonyl (C=O) groups is 1. The first kappa shape index (κ1) is 12.6. The number of rotatable bonds is 4. The molecule has 3 nitrogen and oxygen atoms in total. The van der Waals surface area contributed by atoms with Gasteiger partial charge in [0.2, 0.25) is 5.95 Å². The van der Waals surface area contributed by atoms with E-state index in [1.165, 1.54) is 18.2 Å². The van der Waals surface area contributed by atoms with Gasteiger partial charge < -0.3 is 4.90 Å². The molecule has 0 saturated heterocycles. The number of hydrogen-bond donors (Lipinski definition) is 0. The minimum Gasteiger partial charge on any atom is -0.340 e. The van der Waals surface area contributed by atoms with Crippen molar-refractivity contribution in [3.63, 3.8) is 0 Å². The van der Waals surface area contributed by atoms with Gasteiger partial charge in [-0.3, -0.25) is 4.79 Å². The van der Waals surface area contributed by atoms with Crippen LogP contribution in [0.5, 0.6) is 0 Å². The number of halogens is 1. The zero-order valence-corrected chi connectivity index (χ0v) is 9.90. The maximum atomic E-state index is 12.8. The molecule has 0 aliphatic carbocycles. The van der Waals surface area contributed by atoms with E-state index in [4.69, 9.17) is 0 Å². The first-order valence-corrected chi connectivity index (χ1v) is 5.38. The number of hydrogen-bond acceptors (Lipinski definition) is 2. The summed E-state index contributed by atoms with van der Waals surface area (Å²) in [5.41, 5.74) is 0.159. The van der Waals surface area contributed by atoms with Crippen molar-refractivity contribution in [1.29, 1.82) is 0 Å². The van der Waals surface area contributed by atoms with Crippen molar-refractivity contribution in [2.24, 2.45) is 5.92 Å². The molecule has 1 aromatic heterocycles. The monoisotopic (exact) mass is 224 g/mol. The van der Waals surface area contributed by atoms with Crippen LogP contribution in [0.2, 0.25) is 0 Å². The Morgan fingerprint density at radius 2 is 2.19 bits per heavy atom. The summed E-state index contributed by atoms with van der Waals surface area (Å²) < 4.78 is 12.8. The standard InChI is InChI=1S/C12H17FN2O/c1-9(2)7-8-15(3)12(16)10-5-4-6-11(13)14-10/h4-6,9H,7-8H2,1-3H3.